The summed E-state index contributed by atoms with van der Waals surface area (Å²) in [6.45, 7) is 13.1. The highest BCUT2D eigenvalue weighted by atomic mass is 16.4. The molecule has 0 saturated carbocycles. The van der Waals surface area contributed by atoms with Gasteiger partial charge in [0.25, 0.3) is 5.91 Å². The minimum absolute atomic E-state index is 0.152. The lowest BCUT2D eigenvalue weighted by Crippen LogP contribution is -2.30. The van der Waals surface area contributed by atoms with Crippen LogP contribution in [-0.4, -0.2) is 45.5 Å². The molecule has 0 unspecified atom stereocenters. The summed E-state index contributed by atoms with van der Waals surface area (Å²) < 4.78 is 0. The van der Waals surface area contributed by atoms with Crippen LogP contribution in [0.2, 0.25) is 0 Å². The molecule has 0 saturated heterocycles. The van der Waals surface area contributed by atoms with Gasteiger partial charge in [0.2, 0.25) is 5.91 Å². The molecule has 1 atom stereocenters. The quantitative estimate of drug-likeness (QED) is 0.321. The third kappa shape index (κ3) is 6.38. The van der Waals surface area contributed by atoms with Crippen LogP contribution in [0.5, 0.6) is 0 Å². The second kappa shape index (κ2) is 12.6. The van der Waals surface area contributed by atoms with Crippen molar-refractivity contribution in [2.45, 2.75) is 79.2 Å². The molecule has 2 aliphatic heterocycles. The highest BCUT2D eigenvalue weighted by Crippen LogP contribution is 2.27. The molecule has 4 rings (SSSR count). The van der Waals surface area contributed by atoms with Crippen LogP contribution in [0.1, 0.15) is 73.7 Å². The molecule has 2 amide bonds. The first kappa shape index (κ1) is 31.2. The number of hydrogen-bond acceptors (Lipinski definition) is 6. The van der Waals surface area contributed by atoms with Gasteiger partial charge in [0.05, 0.1) is 11.8 Å². The van der Waals surface area contributed by atoms with Crippen LogP contribution in [0.4, 0.5) is 0 Å². The highest BCUT2D eigenvalue weighted by Gasteiger charge is 2.28. The molecule has 10 heteroatoms. The summed E-state index contributed by atoms with van der Waals surface area (Å²) in [4.78, 5) is 58.4. The Balaban J connectivity index is 1.86. The molecule has 4 heterocycles. The predicted octanol–water partition coefficient (Wildman–Crippen LogP) is 0.185. The fourth-order valence-electron chi connectivity index (χ4n) is 5.90. The van der Waals surface area contributed by atoms with Crippen molar-refractivity contribution in [1.29, 1.82) is 0 Å². The lowest BCUT2D eigenvalue weighted by molar-refractivity contribution is -0.307. The number of aliphatic imine (C=N–C) groups is 1. The Hall–Kier alpha value is -4.73. The van der Waals surface area contributed by atoms with Crippen molar-refractivity contribution in [2.75, 3.05) is 0 Å². The first-order chi connectivity index (χ1) is 20.4. The predicted molar refractivity (Wildman–Crippen MR) is 159 cm³/mol. The van der Waals surface area contributed by atoms with Crippen molar-refractivity contribution in [3.05, 3.63) is 79.3 Å². The number of carbonyl (C=O) groups excluding carboxylic acids is 4. The first-order valence-electron chi connectivity index (χ1n) is 14.3. The minimum atomic E-state index is -1.18. The van der Waals surface area contributed by atoms with E-state index in [1.54, 1.807) is 19.1 Å². The van der Waals surface area contributed by atoms with Crippen molar-refractivity contribution < 1.29 is 29.4 Å². The monoisotopic (exact) mass is 584 g/mol. The van der Waals surface area contributed by atoms with Gasteiger partial charge in [-0.1, -0.05) is 19.6 Å². The molecule has 0 radical (unpaired) electrons. The normalized spacial score (nSPS) is 17.8. The number of aromatic amines is 2. The van der Waals surface area contributed by atoms with Crippen molar-refractivity contribution in [1.82, 2.24) is 15.3 Å². The third-order valence-corrected chi connectivity index (χ3v) is 8.45. The maximum atomic E-state index is 12.3. The summed E-state index contributed by atoms with van der Waals surface area (Å²) in [6, 6.07) is -0.282. The van der Waals surface area contributed by atoms with Gasteiger partial charge < -0.3 is 35.1 Å². The molecule has 0 spiro atoms. The fourth-order valence-corrected chi connectivity index (χ4v) is 5.90. The summed E-state index contributed by atoms with van der Waals surface area (Å²) in [5.41, 5.74) is 8.16. The average Bonchev–Trinajstić information content (AvgIpc) is 3.59. The molecular weight excluding hydrogens is 548 g/mol. The molecular formula is C33H36N4O6-2. The van der Waals surface area contributed by atoms with Gasteiger partial charge in [-0.3, -0.25) is 9.59 Å². The number of carboxylic acid groups (broad SMARTS) is 2. The number of hydrogen-bond donors (Lipinski definition) is 3. The zero-order valence-electron chi connectivity index (χ0n) is 25.2. The molecule has 2 aliphatic rings. The molecule has 10 nitrogen and oxygen atoms in total. The average molecular weight is 585 g/mol. The van der Waals surface area contributed by atoms with E-state index in [0.29, 0.717) is 46.1 Å². The number of carboxylic acids is 2. The molecule has 43 heavy (non-hydrogen) atoms. The number of allylic oxidation sites excluding steroid dienone is 1. The number of H-pyrrole nitrogens is 2. The molecule has 2 aromatic rings. The van der Waals surface area contributed by atoms with Crippen LogP contribution < -0.4 is 26.2 Å². The lowest BCUT2D eigenvalue weighted by atomic mass is 9.98. The van der Waals surface area contributed by atoms with E-state index in [4.69, 9.17) is 0 Å². The van der Waals surface area contributed by atoms with E-state index in [1.165, 1.54) is 0 Å². The second-order valence-electron chi connectivity index (χ2n) is 11.0. The number of rotatable bonds is 12. The van der Waals surface area contributed by atoms with Crippen molar-refractivity contribution >= 4 is 41.6 Å². The van der Waals surface area contributed by atoms with Crippen LogP contribution in [0.15, 0.2) is 39.9 Å². The van der Waals surface area contributed by atoms with Gasteiger partial charge in [0.1, 0.15) is 0 Å². The molecule has 0 bridgehead atoms. The Morgan fingerprint density at radius 1 is 0.907 bits per heavy atom. The first-order valence-corrected chi connectivity index (χ1v) is 14.3. The van der Waals surface area contributed by atoms with Gasteiger partial charge >= 0.3 is 0 Å². The summed E-state index contributed by atoms with van der Waals surface area (Å²) >= 11 is 0. The van der Waals surface area contributed by atoms with E-state index < -0.39 is 11.9 Å². The van der Waals surface area contributed by atoms with Crippen LogP contribution in [-0.2, 0) is 38.4 Å². The Labute approximate surface area is 249 Å². The Morgan fingerprint density at radius 3 is 2.14 bits per heavy atom. The summed E-state index contributed by atoms with van der Waals surface area (Å²) in [7, 11) is 0. The topological polar surface area (TPSA) is 170 Å². The van der Waals surface area contributed by atoms with Gasteiger partial charge in [-0.2, -0.15) is 0 Å². The molecule has 0 aromatic carbocycles. The highest BCUT2D eigenvalue weighted by molar-refractivity contribution is 6.30. The van der Waals surface area contributed by atoms with Gasteiger partial charge in [-0.05, 0) is 105 Å². The van der Waals surface area contributed by atoms with E-state index in [9.17, 15) is 29.4 Å². The summed E-state index contributed by atoms with van der Waals surface area (Å²) in [5.74, 6) is -2.76. The second-order valence-corrected chi connectivity index (χ2v) is 11.0. The summed E-state index contributed by atoms with van der Waals surface area (Å²) in [6.07, 6.45) is 6.37. The third-order valence-electron chi connectivity index (χ3n) is 8.45. The van der Waals surface area contributed by atoms with Crippen molar-refractivity contribution in [3.8, 4) is 0 Å². The van der Waals surface area contributed by atoms with E-state index in [-0.39, 0.29) is 43.5 Å². The fraction of sp³-hybridized carbons (Fsp3) is 0.364. The van der Waals surface area contributed by atoms with Crippen LogP contribution in [0, 0.1) is 13.8 Å². The van der Waals surface area contributed by atoms with E-state index in [1.807, 2.05) is 33.8 Å². The molecule has 2 aromatic heterocycles. The number of carbonyl (C=O) groups is 4. The minimum Gasteiger partial charge on any atom is -0.550 e. The maximum absolute atomic E-state index is 12.3. The number of aromatic nitrogens is 2. The zero-order chi connectivity index (χ0) is 31.6. The summed E-state index contributed by atoms with van der Waals surface area (Å²) in [5, 5.41) is 27.1. The molecule has 0 fully saturated rings. The van der Waals surface area contributed by atoms with Crippen LogP contribution in [0.3, 0.4) is 0 Å². The Bertz CT molecular complexity index is 1760. The van der Waals surface area contributed by atoms with Gasteiger partial charge in [-0.15, -0.1) is 0 Å². The van der Waals surface area contributed by atoms with Gasteiger partial charge in [-0.25, -0.2) is 4.99 Å². The van der Waals surface area contributed by atoms with E-state index in [0.717, 1.165) is 39.1 Å². The van der Waals surface area contributed by atoms with E-state index in [2.05, 4.69) is 26.9 Å². The molecule has 3 N–H and O–H groups in total. The molecule has 0 aliphatic carbocycles. The van der Waals surface area contributed by atoms with Crippen molar-refractivity contribution in [2.24, 2.45) is 4.99 Å². The van der Waals surface area contributed by atoms with Gasteiger partial charge in [0.15, 0.2) is 0 Å². The largest absolute Gasteiger partial charge is 0.550 e. The number of nitrogens with zero attached hydrogens (tertiary/aromatic N) is 1. The van der Waals surface area contributed by atoms with Crippen LogP contribution >= 0.6 is 0 Å². The smallest absolute Gasteiger partial charge is 0.273 e. The molecule has 226 valence electrons. The Kier molecular flexibility index (Phi) is 9.18. The van der Waals surface area contributed by atoms with Crippen LogP contribution in [0.25, 0.3) is 12.2 Å². The zero-order valence-corrected chi connectivity index (χ0v) is 25.2. The number of aliphatic carboxylic acids is 2. The Morgan fingerprint density at radius 2 is 1.56 bits per heavy atom. The number of amides is 2. The maximum Gasteiger partial charge on any atom is 0.273 e. The number of nitrogens with one attached hydrogen (secondary N) is 3. The van der Waals surface area contributed by atoms with Crippen molar-refractivity contribution in [3.63, 3.8) is 0 Å². The van der Waals surface area contributed by atoms with E-state index >= 15 is 0 Å². The SMILES string of the molecule is C=CC1=C(C)C(=O)N[C@H]1Cc1[nH]c(/C=c2\[nH]c(=CC3=NC(=O)C(CC)=C3C)c(C)c2CCC(=O)[O-])c(CCC(=O)[O-])c1C. The van der Waals surface area contributed by atoms with Gasteiger partial charge in [0, 0.05) is 51.6 Å². The standard InChI is InChI=1S/C33H38N4O6/c1-7-20-19(6)32(42)37-27(20)14-25-18(5)23(10-12-31(40)41)29(35-25)15-28-22(9-11-30(38)39)17(4)24(34-28)13-26-16(3)21(8-2)33(43)36-26/h7,13,15,27,34-35H,1,8-12,14H2,2-6H3,(H,37,42)(H,38,39)(H,40,41)/p-2/b24-13?,28-15-/t27-/m0/s1. The lowest BCUT2D eigenvalue weighted by Gasteiger charge is -2.13.